The van der Waals surface area contributed by atoms with Gasteiger partial charge < -0.3 is 15.8 Å². The van der Waals surface area contributed by atoms with Crippen LogP contribution in [0.25, 0.3) is 0 Å². The number of halogens is 2. The largest absolute Gasteiger partial charge is 0.497 e. The van der Waals surface area contributed by atoms with Gasteiger partial charge in [0.05, 0.1) is 17.7 Å². The molecule has 0 atom stereocenters. The highest BCUT2D eigenvalue weighted by molar-refractivity contribution is 9.10. The number of amides is 1. The number of anilines is 2. The third kappa shape index (κ3) is 3.23. The number of rotatable bonds is 3. The van der Waals surface area contributed by atoms with E-state index in [9.17, 15) is 4.79 Å². The molecule has 0 fully saturated rings. The third-order valence-corrected chi connectivity index (χ3v) is 3.90. The topological polar surface area (TPSA) is 64.3 Å². The summed E-state index contributed by atoms with van der Waals surface area (Å²) in [5.41, 5.74) is 7.17. The molecule has 2 aromatic carbocycles. The Bertz CT molecular complexity index is 662. The van der Waals surface area contributed by atoms with Gasteiger partial charge in [-0.3, -0.25) is 4.79 Å². The molecular formula is C14H12BrClN2O2. The third-order valence-electron chi connectivity index (χ3n) is 2.68. The molecule has 2 aromatic rings. The van der Waals surface area contributed by atoms with Gasteiger partial charge in [-0.25, -0.2) is 0 Å². The van der Waals surface area contributed by atoms with E-state index in [4.69, 9.17) is 22.1 Å². The quantitative estimate of drug-likeness (QED) is 0.820. The van der Waals surface area contributed by atoms with Crippen molar-refractivity contribution in [2.75, 3.05) is 18.2 Å². The van der Waals surface area contributed by atoms with Crippen LogP contribution in [0.4, 0.5) is 11.4 Å². The van der Waals surface area contributed by atoms with Crippen molar-refractivity contribution in [1.29, 1.82) is 0 Å². The molecule has 1 amide bonds. The van der Waals surface area contributed by atoms with Gasteiger partial charge in [-0.1, -0.05) is 11.6 Å². The minimum absolute atomic E-state index is 0.310. The average molecular weight is 356 g/mol. The smallest absolute Gasteiger partial charge is 0.257 e. The van der Waals surface area contributed by atoms with E-state index in [2.05, 4.69) is 21.2 Å². The van der Waals surface area contributed by atoms with E-state index in [0.29, 0.717) is 32.2 Å². The zero-order valence-electron chi connectivity index (χ0n) is 10.6. The van der Waals surface area contributed by atoms with Crippen LogP contribution in [0.5, 0.6) is 5.75 Å². The molecule has 0 aliphatic rings. The lowest BCUT2D eigenvalue weighted by Crippen LogP contribution is -2.14. The molecule has 0 unspecified atom stereocenters. The molecule has 4 nitrogen and oxygen atoms in total. The second-order valence-corrected chi connectivity index (χ2v) is 5.30. The first kappa shape index (κ1) is 14.7. The van der Waals surface area contributed by atoms with Crippen LogP contribution < -0.4 is 15.8 Å². The lowest BCUT2D eigenvalue weighted by Gasteiger charge is -2.10. The molecule has 0 radical (unpaired) electrons. The van der Waals surface area contributed by atoms with Crippen LogP contribution in [0.15, 0.2) is 40.9 Å². The molecule has 20 heavy (non-hydrogen) atoms. The fourth-order valence-corrected chi connectivity index (χ4v) is 2.13. The maximum Gasteiger partial charge on any atom is 0.257 e. The van der Waals surface area contributed by atoms with Crippen molar-refractivity contribution in [1.82, 2.24) is 0 Å². The number of nitrogen functional groups attached to an aromatic ring is 1. The van der Waals surface area contributed by atoms with E-state index < -0.39 is 0 Å². The summed E-state index contributed by atoms with van der Waals surface area (Å²) in [5, 5.41) is 3.33. The van der Waals surface area contributed by atoms with Crippen molar-refractivity contribution < 1.29 is 9.53 Å². The van der Waals surface area contributed by atoms with Gasteiger partial charge in [-0.2, -0.15) is 0 Å². The highest BCUT2D eigenvalue weighted by Gasteiger charge is 2.12. The standard InChI is InChI=1S/C14H12BrClN2O2/c1-20-9-3-5-13(17)10(7-9)14(19)18-8-2-4-12(16)11(15)6-8/h2-7H,17H2,1H3,(H,18,19). The summed E-state index contributed by atoms with van der Waals surface area (Å²) in [7, 11) is 1.53. The van der Waals surface area contributed by atoms with Crippen molar-refractivity contribution in [3.8, 4) is 5.75 Å². The van der Waals surface area contributed by atoms with Gasteiger partial charge in [-0.15, -0.1) is 0 Å². The van der Waals surface area contributed by atoms with Gasteiger partial charge in [0.25, 0.3) is 5.91 Å². The van der Waals surface area contributed by atoms with E-state index in [0.717, 1.165) is 0 Å². The maximum atomic E-state index is 12.2. The SMILES string of the molecule is COc1ccc(N)c(C(=O)Nc2ccc(Cl)c(Br)c2)c1. The van der Waals surface area contributed by atoms with Crippen molar-refractivity contribution >= 4 is 44.8 Å². The first-order chi connectivity index (χ1) is 9.51. The van der Waals surface area contributed by atoms with Crippen molar-refractivity contribution in [3.05, 3.63) is 51.5 Å². The minimum Gasteiger partial charge on any atom is -0.497 e. The van der Waals surface area contributed by atoms with Gasteiger partial charge in [0, 0.05) is 15.8 Å². The number of ether oxygens (including phenoxy) is 1. The van der Waals surface area contributed by atoms with Crippen LogP contribution in [0.3, 0.4) is 0 Å². The highest BCUT2D eigenvalue weighted by Crippen LogP contribution is 2.26. The molecule has 0 saturated carbocycles. The Morgan fingerprint density at radius 1 is 1.30 bits per heavy atom. The fraction of sp³-hybridized carbons (Fsp3) is 0.0714. The lowest BCUT2D eigenvalue weighted by molar-refractivity contribution is 0.102. The summed E-state index contributed by atoms with van der Waals surface area (Å²) < 4.78 is 5.79. The van der Waals surface area contributed by atoms with E-state index in [-0.39, 0.29) is 5.91 Å². The molecular weight excluding hydrogens is 344 g/mol. The van der Waals surface area contributed by atoms with Crippen LogP contribution in [0, 0.1) is 0 Å². The predicted octanol–water partition coefficient (Wildman–Crippen LogP) is 3.95. The Balaban J connectivity index is 2.25. The molecule has 0 bridgehead atoms. The Labute approximate surface area is 130 Å². The zero-order chi connectivity index (χ0) is 14.7. The summed E-state index contributed by atoms with van der Waals surface area (Å²) in [4.78, 5) is 12.2. The number of hydrogen-bond acceptors (Lipinski definition) is 3. The number of methoxy groups -OCH3 is 1. The van der Waals surface area contributed by atoms with Crippen LogP contribution in [0.2, 0.25) is 5.02 Å². The molecule has 6 heteroatoms. The fourth-order valence-electron chi connectivity index (χ4n) is 1.63. The second-order valence-electron chi connectivity index (χ2n) is 4.04. The van der Waals surface area contributed by atoms with Crippen LogP contribution in [0.1, 0.15) is 10.4 Å². The number of nitrogens with one attached hydrogen (secondary N) is 1. The monoisotopic (exact) mass is 354 g/mol. The Hall–Kier alpha value is -1.72. The number of carbonyl (C=O) groups excluding carboxylic acids is 1. The molecule has 0 heterocycles. The van der Waals surface area contributed by atoms with Crippen molar-refractivity contribution in [3.63, 3.8) is 0 Å². The van der Waals surface area contributed by atoms with Gasteiger partial charge in [0.2, 0.25) is 0 Å². The minimum atomic E-state index is -0.310. The molecule has 0 aliphatic heterocycles. The van der Waals surface area contributed by atoms with Crippen LogP contribution >= 0.6 is 27.5 Å². The average Bonchev–Trinajstić information content (AvgIpc) is 2.43. The molecule has 3 N–H and O–H groups in total. The van der Waals surface area contributed by atoms with Crippen LogP contribution in [-0.4, -0.2) is 13.0 Å². The Morgan fingerprint density at radius 3 is 2.70 bits per heavy atom. The van der Waals surface area contributed by atoms with Crippen LogP contribution in [-0.2, 0) is 0 Å². The molecule has 2 rings (SSSR count). The summed E-state index contributed by atoms with van der Waals surface area (Å²) in [6.45, 7) is 0. The first-order valence-corrected chi connectivity index (χ1v) is 6.88. The van der Waals surface area contributed by atoms with E-state index >= 15 is 0 Å². The summed E-state index contributed by atoms with van der Waals surface area (Å²) >= 11 is 9.20. The van der Waals surface area contributed by atoms with Crippen molar-refractivity contribution in [2.24, 2.45) is 0 Å². The normalized spacial score (nSPS) is 10.2. The van der Waals surface area contributed by atoms with E-state index in [1.54, 1.807) is 36.4 Å². The van der Waals surface area contributed by atoms with Gasteiger partial charge in [0.15, 0.2) is 0 Å². The second kappa shape index (κ2) is 6.15. The number of nitrogens with two attached hydrogens (primary N) is 1. The molecule has 0 aliphatic carbocycles. The summed E-state index contributed by atoms with van der Waals surface area (Å²) in [6.07, 6.45) is 0. The van der Waals surface area contributed by atoms with E-state index in [1.165, 1.54) is 7.11 Å². The highest BCUT2D eigenvalue weighted by atomic mass is 79.9. The Kier molecular flexibility index (Phi) is 4.52. The lowest BCUT2D eigenvalue weighted by atomic mass is 10.1. The van der Waals surface area contributed by atoms with Gasteiger partial charge in [0.1, 0.15) is 5.75 Å². The molecule has 0 saturated heterocycles. The van der Waals surface area contributed by atoms with Crippen molar-refractivity contribution in [2.45, 2.75) is 0 Å². The Morgan fingerprint density at radius 2 is 2.05 bits per heavy atom. The molecule has 0 spiro atoms. The number of hydrogen-bond donors (Lipinski definition) is 2. The molecule has 0 aromatic heterocycles. The number of benzene rings is 2. The first-order valence-electron chi connectivity index (χ1n) is 5.71. The number of carbonyl (C=O) groups is 1. The van der Waals surface area contributed by atoms with Gasteiger partial charge in [-0.05, 0) is 52.3 Å². The summed E-state index contributed by atoms with van der Waals surface area (Å²) in [5.74, 6) is 0.261. The predicted molar refractivity (Wildman–Crippen MR) is 84.5 cm³/mol. The molecule has 104 valence electrons. The summed E-state index contributed by atoms with van der Waals surface area (Å²) in [6, 6.07) is 10.0. The van der Waals surface area contributed by atoms with Gasteiger partial charge >= 0.3 is 0 Å². The zero-order valence-corrected chi connectivity index (χ0v) is 13.0. The maximum absolute atomic E-state index is 12.2. The van der Waals surface area contributed by atoms with E-state index in [1.807, 2.05) is 0 Å².